The number of aromatic nitrogens is 1. The monoisotopic (exact) mass is 425 g/mol. The lowest BCUT2D eigenvalue weighted by atomic mass is 9.81. The summed E-state index contributed by atoms with van der Waals surface area (Å²) in [6.07, 6.45) is 3.30. The number of thiazole rings is 1. The van der Waals surface area contributed by atoms with E-state index in [9.17, 15) is 9.90 Å². The Balaban J connectivity index is 1.54. The predicted octanol–water partition coefficient (Wildman–Crippen LogP) is 6.57. The average Bonchev–Trinajstić information content (AvgIpc) is 3.32. The fourth-order valence-corrected chi connectivity index (χ4v) is 5.44. The van der Waals surface area contributed by atoms with Gasteiger partial charge in [-0.1, -0.05) is 35.9 Å². The van der Waals surface area contributed by atoms with Crippen LogP contribution in [-0.4, -0.2) is 15.9 Å². The van der Waals surface area contributed by atoms with Gasteiger partial charge in [-0.15, -0.1) is 0 Å². The Morgan fingerprint density at radius 1 is 1.21 bits per heavy atom. The van der Waals surface area contributed by atoms with Crippen molar-refractivity contribution < 1.29 is 14.6 Å². The number of ketones is 1. The number of aliphatic hydroxyl groups excluding tert-OH is 1. The molecule has 29 heavy (non-hydrogen) atoms. The van der Waals surface area contributed by atoms with Crippen LogP contribution >= 0.6 is 22.9 Å². The minimum Gasteiger partial charge on any atom is -0.511 e. The third-order valence-corrected chi connectivity index (χ3v) is 7.11. The van der Waals surface area contributed by atoms with E-state index in [4.69, 9.17) is 16.3 Å². The molecular formula is C23H20ClNO3S. The van der Waals surface area contributed by atoms with Gasteiger partial charge in [-0.3, -0.25) is 4.79 Å². The summed E-state index contributed by atoms with van der Waals surface area (Å²) in [7, 11) is 0. The number of aliphatic hydroxyl groups is 1. The number of hydrogen-bond acceptors (Lipinski definition) is 5. The van der Waals surface area contributed by atoms with Crippen molar-refractivity contribution in [2.45, 2.75) is 32.6 Å². The molecule has 0 spiro atoms. The van der Waals surface area contributed by atoms with E-state index in [1.165, 1.54) is 11.3 Å². The molecule has 1 heterocycles. The largest absolute Gasteiger partial charge is 0.511 e. The van der Waals surface area contributed by atoms with E-state index in [2.05, 4.69) is 11.9 Å². The lowest BCUT2D eigenvalue weighted by molar-refractivity contribution is -0.117. The molecule has 0 unspecified atom stereocenters. The summed E-state index contributed by atoms with van der Waals surface area (Å²) in [5.74, 6) is 1.07. The lowest BCUT2D eigenvalue weighted by Crippen LogP contribution is -2.21. The number of fused-ring (bicyclic) bond motifs is 3. The van der Waals surface area contributed by atoms with E-state index >= 15 is 0 Å². The highest BCUT2D eigenvalue weighted by Gasteiger charge is 2.41. The van der Waals surface area contributed by atoms with Crippen LogP contribution in [0.2, 0.25) is 5.02 Å². The Bertz CT molecular complexity index is 1170. The third kappa shape index (κ3) is 3.22. The summed E-state index contributed by atoms with van der Waals surface area (Å²) in [6.45, 7) is 2.05. The molecule has 4 nitrogen and oxygen atoms in total. The quantitative estimate of drug-likeness (QED) is 0.513. The molecule has 1 aromatic heterocycles. The van der Waals surface area contributed by atoms with Crippen molar-refractivity contribution in [2.75, 3.05) is 0 Å². The number of halogens is 1. The molecule has 1 fully saturated rings. The molecule has 0 saturated heterocycles. The molecule has 2 aliphatic rings. The van der Waals surface area contributed by atoms with Crippen molar-refractivity contribution in [1.29, 1.82) is 0 Å². The third-order valence-electron chi connectivity index (χ3n) is 5.96. The zero-order chi connectivity index (χ0) is 20.1. The molecule has 0 radical (unpaired) electrons. The van der Waals surface area contributed by atoms with E-state index in [0.717, 1.165) is 47.0 Å². The van der Waals surface area contributed by atoms with Crippen LogP contribution in [0.25, 0.3) is 15.8 Å². The standard InChI is InChI=1S/C23H20ClNO3S/c1-2-12-5-7-16(28-23-25-18-10-15(24)6-8-19(18)29-23)11-17(12)20-21(26)13-3-4-14(9-13)22(20)27/h5-8,10-11,13-14,26H,2-4,9H2,1H3/t13-,14-/m1/s1. The van der Waals surface area contributed by atoms with Gasteiger partial charge in [0.25, 0.3) is 5.19 Å². The average molecular weight is 426 g/mol. The number of benzene rings is 2. The number of nitrogens with zero attached hydrogens (tertiary/aromatic N) is 1. The van der Waals surface area contributed by atoms with Crippen LogP contribution in [0.3, 0.4) is 0 Å². The van der Waals surface area contributed by atoms with E-state index < -0.39 is 0 Å². The molecule has 3 aromatic rings. The second-order valence-corrected chi connectivity index (χ2v) is 9.13. The van der Waals surface area contributed by atoms with E-state index in [1.54, 1.807) is 0 Å². The van der Waals surface area contributed by atoms with Gasteiger partial charge in [0, 0.05) is 16.9 Å². The fourth-order valence-electron chi connectivity index (χ4n) is 4.46. The maximum absolute atomic E-state index is 13.0. The Morgan fingerprint density at radius 2 is 2.03 bits per heavy atom. The first-order valence-electron chi connectivity index (χ1n) is 9.88. The topological polar surface area (TPSA) is 59.4 Å². The molecule has 1 N–H and O–H groups in total. The normalized spacial score (nSPS) is 21.2. The second-order valence-electron chi connectivity index (χ2n) is 7.70. The van der Waals surface area contributed by atoms with Crippen LogP contribution in [0, 0.1) is 11.8 Å². The molecule has 2 bridgehead atoms. The van der Waals surface area contributed by atoms with Gasteiger partial charge in [0.1, 0.15) is 11.5 Å². The summed E-state index contributed by atoms with van der Waals surface area (Å²) >= 11 is 7.49. The summed E-state index contributed by atoms with van der Waals surface area (Å²) in [5, 5.41) is 12.0. The molecule has 0 aliphatic heterocycles. The first-order chi connectivity index (χ1) is 14.0. The Labute approximate surface area is 177 Å². The van der Waals surface area contributed by atoms with Gasteiger partial charge in [0.15, 0.2) is 5.78 Å². The zero-order valence-corrected chi connectivity index (χ0v) is 17.5. The van der Waals surface area contributed by atoms with Crippen LogP contribution in [0.4, 0.5) is 0 Å². The number of Topliss-reactive ketones (excluding diaryl/α,β-unsaturated/α-hetero) is 1. The minimum atomic E-state index is 0.0363. The summed E-state index contributed by atoms with van der Waals surface area (Å²) in [5.41, 5.74) is 3.10. The molecule has 1 saturated carbocycles. The number of hydrogen-bond donors (Lipinski definition) is 1. The van der Waals surface area contributed by atoms with Crippen LogP contribution in [0.1, 0.15) is 37.3 Å². The summed E-state index contributed by atoms with van der Waals surface area (Å²) < 4.78 is 7.02. The van der Waals surface area contributed by atoms with Crippen molar-refractivity contribution in [3.8, 4) is 10.9 Å². The highest BCUT2D eigenvalue weighted by atomic mass is 35.5. The Kier molecular flexibility index (Phi) is 4.60. The maximum Gasteiger partial charge on any atom is 0.279 e. The number of aryl methyl sites for hydroxylation is 1. The number of ether oxygens (including phenoxy) is 1. The van der Waals surface area contributed by atoms with Crippen LogP contribution in [0.15, 0.2) is 42.2 Å². The fraction of sp³-hybridized carbons (Fsp3) is 0.304. The maximum atomic E-state index is 13.0. The van der Waals surface area contributed by atoms with Gasteiger partial charge in [-0.05, 0) is 67.1 Å². The molecule has 2 aromatic carbocycles. The van der Waals surface area contributed by atoms with Crippen molar-refractivity contribution in [3.63, 3.8) is 0 Å². The molecule has 0 amide bonds. The molecule has 2 aliphatic carbocycles. The van der Waals surface area contributed by atoms with Crippen molar-refractivity contribution >= 4 is 44.5 Å². The van der Waals surface area contributed by atoms with Gasteiger partial charge < -0.3 is 9.84 Å². The van der Waals surface area contributed by atoms with Gasteiger partial charge >= 0.3 is 0 Å². The molecular weight excluding hydrogens is 406 g/mol. The minimum absolute atomic E-state index is 0.0363. The van der Waals surface area contributed by atoms with Crippen LogP contribution < -0.4 is 4.74 Å². The zero-order valence-electron chi connectivity index (χ0n) is 15.9. The van der Waals surface area contributed by atoms with Crippen LogP contribution in [-0.2, 0) is 11.2 Å². The number of allylic oxidation sites excluding steroid dienone is 2. The first kappa shape index (κ1) is 18.6. The van der Waals surface area contributed by atoms with Gasteiger partial charge in [0.05, 0.1) is 15.8 Å². The second kappa shape index (κ2) is 7.15. The molecule has 2 atom stereocenters. The first-order valence-corrected chi connectivity index (χ1v) is 11.1. The molecule has 5 rings (SSSR count). The Hall–Kier alpha value is -2.37. The lowest BCUT2D eigenvalue weighted by Gasteiger charge is -2.23. The van der Waals surface area contributed by atoms with Crippen molar-refractivity contribution in [3.05, 3.63) is 58.3 Å². The van der Waals surface area contributed by atoms with Gasteiger partial charge in [0.2, 0.25) is 0 Å². The van der Waals surface area contributed by atoms with Crippen molar-refractivity contribution in [1.82, 2.24) is 4.98 Å². The molecule has 6 heteroatoms. The smallest absolute Gasteiger partial charge is 0.279 e. The van der Waals surface area contributed by atoms with E-state index in [-0.39, 0.29) is 23.4 Å². The van der Waals surface area contributed by atoms with Crippen LogP contribution in [0.5, 0.6) is 10.9 Å². The number of carbonyl (C=O) groups excluding carboxylic acids is 1. The van der Waals surface area contributed by atoms with E-state index in [0.29, 0.717) is 21.5 Å². The SMILES string of the molecule is CCc1ccc(Oc2nc3cc(Cl)ccc3s2)cc1C1=C(O)[C@@H]2CC[C@H](C2)C1=O. The predicted molar refractivity (Wildman–Crippen MR) is 116 cm³/mol. The summed E-state index contributed by atoms with van der Waals surface area (Å²) in [4.78, 5) is 17.5. The highest BCUT2D eigenvalue weighted by molar-refractivity contribution is 7.20. The van der Waals surface area contributed by atoms with Crippen molar-refractivity contribution in [2.24, 2.45) is 11.8 Å². The summed E-state index contributed by atoms with van der Waals surface area (Å²) in [6, 6.07) is 11.3. The number of carbonyl (C=O) groups is 1. The Morgan fingerprint density at radius 3 is 2.86 bits per heavy atom. The highest BCUT2D eigenvalue weighted by Crippen LogP contribution is 2.46. The number of rotatable bonds is 4. The molecule has 148 valence electrons. The van der Waals surface area contributed by atoms with E-state index in [1.807, 2.05) is 36.4 Å². The van der Waals surface area contributed by atoms with Gasteiger partial charge in [-0.25, -0.2) is 4.98 Å². The van der Waals surface area contributed by atoms with Gasteiger partial charge in [-0.2, -0.15) is 0 Å².